The van der Waals surface area contributed by atoms with E-state index < -0.39 is 0 Å². The second-order valence-electron chi connectivity index (χ2n) is 5.04. The summed E-state index contributed by atoms with van der Waals surface area (Å²) in [6.07, 6.45) is 3.57. The summed E-state index contributed by atoms with van der Waals surface area (Å²) in [7, 11) is 0. The molecule has 116 valence electrons. The molecule has 0 radical (unpaired) electrons. The van der Waals surface area contributed by atoms with Crippen molar-refractivity contribution in [2.24, 2.45) is 5.92 Å². The van der Waals surface area contributed by atoms with Crippen LogP contribution in [0.25, 0.3) is 0 Å². The van der Waals surface area contributed by atoms with Crippen LogP contribution in [0.1, 0.15) is 36.1 Å². The molecule has 21 heavy (non-hydrogen) atoms. The molecule has 1 aromatic rings. The molecule has 0 N–H and O–H groups in total. The van der Waals surface area contributed by atoms with Gasteiger partial charge in [-0.3, -0.25) is 9.59 Å². The Morgan fingerprint density at radius 3 is 3.00 bits per heavy atom. The quantitative estimate of drug-likeness (QED) is 0.782. The van der Waals surface area contributed by atoms with Gasteiger partial charge >= 0.3 is 5.97 Å². The van der Waals surface area contributed by atoms with E-state index in [4.69, 9.17) is 9.15 Å². The van der Waals surface area contributed by atoms with Gasteiger partial charge in [0.2, 0.25) is 0 Å². The first-order valence-corrected chi connectivity index (χ1v) is 8.58. The van der Waals surface area contributed by atoms with E-state index >= 15 is 0 Å². The largest absolute Gasteiger partial charge is 0.466 e. The summed E-state index contributed by atoms with van der Waals surface area (Å²) in [5.74, 6) is 1.32. The number of esters is 1. The van der Waals surface area contributed by atoms with Gasteiger partial charge < -0.3 is 14.1 Å². The summed E-state index contributed by atoms with van der Waals surface area (Å²) in [5, 5.41) is 0. The molecule has 0 bridgehead atoms. The van der Waals surface area contributed by atoms with Crippen molar-refractivity contribution in [3.8, 4) is 0 Å². The summed E-state index contributed by atoms with van der Waals surface area (Å²) >= 11 is 1.65. The van der Waals surface area contributed by atoms with Crippen molar-refractivity contribution in [2.75, 3.05) is 26.0 Å². The van der Waals surface area contributed by atoms with Gasteiger partial charge in [-0.1, -0.05) is 0 Å². The van der Waals surface area contributed by atoms with Crippen LogP contribution in [0.3, 0.4) is 0 Å². The van der Waals surface area contributed by atoms with Crippen molar-refractivity contribution in [3.05, 3.63) is 23.7 Å². The van der Waals surface area contributed by atoms with E-state index in [1.54, 1.807) is 29.7 Å². The molecule has 1 aliphatic heterocycles. The number of hydrogen-bond donors (Lipinski definition) is 0. The van der Waals surface area contributed by atoms with E-state index in [1.165, 1.54) is 0 Å². The highest BCUT2D eigenvalue weighted by Gasteiger charge is 2.30. The van der Waals surface area contributed by atoms with Crippen molar-refractivity contribution < 1.29 is 18.7 Å². The SMILES string of the molecule is CCOC(=O)[C@@H]1CCCN(C(=O)c2ccc(CSC)o2)C1. The Morgan fingerprint density at radius 2 is 2.29 bits per heavy atom. The number of likely N-dealkylation sites (tertiary alicyclic amines) is 1. The van der Waals surface area contributed by atoms with Gasteiger partial charge in [-0.25, -0.2) is 0 Å². The molecule has 1 atom stereocenters. The molecule has 1 aliphatic rings. The Hall–Kier alpha value is -1.43. The number of ether oxygens (including phenoxy) is 1. The molecule has 1 amide bonds. The highest BCUT2D eigenvalue weighted by Crippen LogP contribution is 2.21. The number of carbonyl (C=O) groups is 2. The third kappa shape index (κ3) is 4.03. The Kier molecular flexibility index (Phi) is 5.73. The normalized spacial score (nSPS) is 18.6. The fraction of sp³-hybridized carbons (Fsp3) is 0.600. The number of carbonyl (C=O) groups excluding carboxylic acids is 2. The molecule has 0 aromatic carbocycles. The van der Waals surface area contributed by atoms with Crippen LogP contribution in [0.5, 0.6) is 0 Å². The number of piperidine rings is 1. The maximum atomic E-state index is 12.4. The van der Waals surface area contributed by atoms with E-state index in [-0.39, 0.29) is 17.8 Å². The van der Waals surface area contributed by atoms with Crippen LogP contribution in [0.2, 0.25) is 0 Å². The lowest BCUT2D eigenvalue weighted by Gasteiger charge is -2.30. The topological polar surface area (TPSA) is 59.8 Å². The Bertz CT molecular complexity index is 500. The first-order chi connectivity index (χ1) is 10.2. The highest BCUT2D eigenvalue weighted by atomic mass is 32.2. The summed E-state index contributed by atoms with van der Waals surface area (Å²) < 4.78 is 10.6. The smallest absolute Gasteiger partial charge is 0.310 e. The predicted molar refractivity (Wildman–Crippen MR) is 81.2 cm³/mol. The minimum atomic E-state index is -0.219. The van der Waals surface area contributed by atoms with Crippen molar-refractivity contribution in [3.63, 3.8) is 0 Å². The van der Waals surface area contributed by atoms with Crippen molar-refractivity contribution in [1.29, 1.82) is 0 Å². The van der Waals surface area contributed by atoms with Gasteiger partial charge in [-0.15, -0.1) is 0 Å². The predicted octanol–water partition coefficient (Wildman–Crippen LogP) is 2.56. The molecular weight excluding hydrogens is 290 g/mol. The zero-order valence-corrected chi connectivity index (χ0v) is 13.3. The molecule has 1 saturated heterocycles. The second-order valence-corrected chi connectivity index (χ2v) is 5.91. The molecule has 0 spiro atoms. The molecule has 0 saturated carbocycles. The second kappa shape index (κ2) is 7.54. The van der Waals surface area contributed by atoms with E-state index in [0.29, 0.717) is 25.5 Å². The molecule has 2 heterocycles. The van der Waals surface area contributed by atoms with Crippen LogP contribution in [-0.4, -0.2) is 42.7 Å². The van der Waals surface area contributed by atoms with Gasteiger partial charge in [0.1, 0.15) is 5.76 Å². The van der Waals surface area contributed by atoms with E-state index in [9.17, 15) is 9.59 Å². The third-order valence-electron chi connectivity index (χ3n) is 3.49. The minimum Gasteiger partial charge on any atom is -0.466 e. The lowest BCUT2D eigenvalue weighted by Crippen LogP contribution is -2.42. The van der Waals surface area contributed by atoms with Gasteiger partial charge in [-0.05, 0) is 38.2 Å². The molecule has 6 heteroatoms. The third-order valence-corrected chi connectivity index (χ3v) is 4.06. The number of furan rings is 1. The Balaban J connectivity index is 1.99. The van der Waals surface area contributed by atoms with Crippen molar-refractivity contribution >= 4 is 23.6 Å². The first kappa shape index (κ1) is 15.9. The molecule has 1 fully saturated rings. The van der Waals surface area contributed by atoms with Crippen LogP contribution in [-0.2, 0) is 15.3 Å². The van der Waals surface area contributed by atoms with E-state index in [2.05, 4.69) is 0 Å². The summed E-state index contributed by atoms with van der Waals surface area (Å²) in [6, 6.07) is 3.54. The molecule has 1 aromatic heterocycles. The number of rotatable bonds is 5. The first-order valence-electron chi connectivity index (χ1n) is 7.19. The van der Waals surface area contributed by atoms with E-state index in [1.807, 2.05) is 12.3 Å². The maximum absolute atomic E-state index is 12.4. The molecular formula is C15H21NO4S. The Morgan fingerprint density at radius 1 is 1.48 bits per heavy atom. The van der Waals surface area contributed by atoms with Gasteiger partial charge in [0.15, 0.2) is 5.76 Å². The zero-order chi connectivity index (χ0) is 15.2. The van der Waals surface area contributed by atoms with Crippen molar-refractivity contribution in [1.82, 2.24) is 4.90 Å². The average Bonchev–Trinajstić information content (AvgIpc) is 2.96. The summed E-state index contributed by atoms with van der Waals surface area (Å²) in [6.45, 7) is 3.24. The molecule has 5 nitrogen and oxygen atoms in total. The Labute approximate surface area is 129 Å². The monoisotopic (exact) mass is 311 g/mol. The van der Waals surface area contributed by atoms with Crippen LogP contribution < -0.4 is 0 Å². The van der Waals surface area contributed by atoms with Crippen LogP contribution >= 0.6 is 11.8 Å². The lowest BCUT2D eigenvalue weighted by molar-refractivity contribution is -0.149. The minimum absolute atomic E-state index is 0.142. The maximum Gasteiger partial charge on any atom is 0.310 e. The van der Waals surface area contributed by atoms with E-state index in [0.717, 1.165) is 24.4 Å². The van der Waals surface area contributed by atoms with Crippen LogP contribution in [0, 0.1) is 5.92 Å². The van der Waals surface area contributed by atoms with Crippen LogP contribution in [0.15, 0.2) is 16.5 Å². The average molecular weight is 311 g/mol. The van der Waals surface area contributed by atoms with Gasteiger partial charge in [-0.2, -0.15) is 11.8 Å². The molecule has 2 rings (SSSR count). The number of amides is 1. The van der Waals surface area contributed by atoms with Gasteiger partial charge in [0.25, 0.3) is 5.91 Å². The van der Waals surface area contributed by atoms with Crippen molar-refractivity contribution in [2.45, 2.75) is 25.5 Å². The highest BCUT2D eigenvalue weighted by molar-refractivity contribution is 7.97. The fourth-order valence-corrected chi connectivity index (χ4v) is 2.92. The standard InChI is InChI=1S/C15H21NO4S/c1-3-19-15(18)11-5-4-8-16(9-11)14(17)13-7-6-12(20-13)10-21-2/h6-7,11H,3-5,8-10H2,1-2H3/t11-/m1/s1. The number of thioether (sulfide) groups is 1. The molecule has 0 unspecified atom stereocenters. The number of nitrogens with zero attached hydrogens (tertiary/aromatic N) is 1. The summed E-state index contributed by atoms with van der Waals surface area (Å²) in [4.78, 5) is 25.9. The number of hydrogen-bond acceptors (Lipinski definition) is 5. The lowest BCUT2D eigenvalue weighted by atomic mass is 9.98. The molecule has 0 aliphatic carbocycles. The van der Waals surface area contributed by atoms with Gasteiger partial charge in [0, 0.05) is 13.1 Å². The summed E-state index contributed by atoms with van der Waals surface area (Å²) in [5.41, 5.74) is 0. The zero-order valence-electron chi connectivity index (χ0n) is 12.5. The van der Waals surface area contributed by atoms with Gasteiger partial charge in [0.05, 0.1) is 18.3 Å². The van der Waals surface area contributed by atoms with Crippen LogP contribution in [0.4, 0.5) is 0 Å². The fourth-order valence-electron chi connectivity index (χ4n) is 2.48.